The van der Waals surface area contributed by atoms with Crippen LogP contribution in [0.4, 0.5) is 5.69 Å². The topological polar surface area (TPSA) is 83.9 Å². The smallest absolute Gasteiger partial charge is 0.257 e. The Balaban J connectivity index is 1.35. The van der Waals surface area contributed by atoms with Gasteiger partial charge in [0.05, 0.1) is 24.4 Å². The van der Waals surface area contributed by atoms with Crippen molar-refractivity contribution in [2.24, 2.45) is 0 Å². The van der Waals surface area contributed by atoms with Crippen LogP contribution in [-0.4, -0.2) is 46.6 Å². The molecule has 2 fully saturated rings. The summed E-state index contributed by atoms with van der Waals surface area (Å²) in [5, 5.41) is 12.4. The first kappa shape index (κ1) is 24.6. The van der Waals surface area contributed by atoms with E-state index in [2.05, 4.69) is 15.2 Å². The Kier molecular flexibility index (Phi) is 8.03. The van der Waals surface area contributed by atoms with Crippen LogP contribution >= 0.6 is 0 Å². The highest BCUT2D eigenvalue weighted by Gasteiger charge is 2.33. The number of nitrogens with one attached hydrogen (secondary N) is 1. The van der Waals surface area contributed by atoms with Gasteiger partial charge < -0.3 is 24.8 Å². The molecule has 3 atom stereocenters. The number of piperidine rings is 1. The molecule has 7 heteroatoms. The minimum Gasteiger partial charge on any atom is -0.392 e. The second-order valence-corrected chi connectivity index (χ2v) is 9.53. The lowest BCUT2D eigenvalue weighted by molar-refractivity contribution is -0.253. The molecule has 7 nitrogen and oxygen atoms in total. The van der Waals surface area contributed by atoms with Crippen molar-refractivity contribution >= 4 is 11.6 Å². The molecule has 3 heterocycles. The van der Waals surface area contributed by atoms with E-state index in [4.69, 9.17) is 9.47 Å². The van der Waals surface area contributed by atoms with E-state index in [0.29, 0.717) is 11.3 Å². The monoisotopic (exact) mass is 487 g/mol. The molecule has 1 amide bonds. The van der Waals surface area contributed by atoms with Gasteiger partial charge in [0.25, 0.3) is 5.91 Å². The summed E-state index contributed by atoms with van der Waals surface area (Å²) in [7, 11) is 0. The second-order valence-electron chi connectivity index (χ2n) is 9.53. The fourth-order valence-corrected chi connectivity index (χ4v) is 4.93. The molecule has 0 bridgehead atoms. The maximum Gasteiger partial charge on any atom is 0.257 e. The molecule has 1 aromatic heterocycles. The summed E-state index contributed by atoms with van der Waals surface area (Å²) in [6.07, 6.45) is 7.07. The Morgan fingerprint density at radius 1 is 1.00 bits per heavy atom. The number of hydrogen-bond acceptors (Lipinski definition) is 6. The number of nitrogens with zero attached hydrogens (tertiary/aromatic N) is 2. The maximum absolute atomic E-state index is 12.6. The summed E-state index contributed by atoms with van der Waals surface area (Å²) >= 11 is 0. The van der Waals surface area contributed by atoms with Crippen molar-refractivity contribution in [1.29, 1.82) is 0 Å². The van der Waals surface area contributed by atoms with Gasteiger partial charge in [-0.05, 0) is 61.3 Å². The van der Waals surface area contributed by atoms with Gasteiger partial charge in [0.15, 0.2) is 6.29 Å². The molecule has 2 N–H and O–H groups in total. The molecule has 2 aromatic carbocycles. The van der Waals surface area contributed by atoms with Crippen molar-refractivity contribution in [1.82, 2.24) is 9.88 Å². The van der Waals surface area contributed by atoms with Gasteiger partial charge in [0.2, 0.25) is 0 Å². The third-order valence-corrected chi connectivity index (χ3v) is 6.87. The van der Waals surface area contributed by atoms with Gasteiger partial charge in [-0.15, -0.1) is 0 Å². The van der Waals surface area contributed by atoms with Crippen LogP contribution in [0.3, 0.4) is 0 Å². The highest BCUT2D eigenvalue weighted by atomic mass is 16.7. The number of hydrogen-bond donors (Lipinski definition) is 2. The predicted octanol–water partition coefficient (Wildman–Crippen LogP) is 4.86. The quantitative estimate of drug-likeness (QED) is 0.495. The number of anilines is 1. The number of aliphatic hydroxyl groups excluding tert-OH is 1. The summed E-state index contributed by atoms with van der Waals surface area (Å²) in [5.74, 6) is -0.212. The number of ether oxygens (including phenoxy) is 2. The van der Waals surface area contributed by atoms with Crippen molar-refractivity contribution in [2.45, 2.75) is 50.8 Å². The zero-order chi connectivity index (χ0) is 24.7. The van der Waals surface area contributed by atoms with Crippen LogP contribution < -0.4 is 5.32 Å². The van der Waals surface area contributed by atoms with Gasteiger partial charge >= 0.3 is 0 Å². The van der Waals surface area contributed by atoms with Crippen LogP contribution in [0.1, 0.15) is 65.1 Å². The molecule has 36 heavy (non-hydrogen) atoms. The second kappa shape index (κ2) is 11.8. The number of aromatic nitrogens is 1. The third-order valence-electron chi connectivity index (χ3n) is 6.87. The van der Waals surface area contributed by atoms with E-state index in [1.807, 2.05) is 48.5 Å². The lowest BCUT2D eigenvalue weighted by Crippen LogP contribution is -2.41. The molecule has 188 valence electrons. The Bertz CT molecular complexity index is 1130. The van der Waals surface area contributed by atoms with E-state index >= 15 is 0 Å². The first-order chi connectivity index (χ1) is 17.7. The molecule has 0 spiro atoms. The van der Waals surface area contributed by atoms with Crippen LogP contribution in [-0.2, 0) is 16.1 Å². The SMILES string of the molecule is O=C(Nc1cccc([C@H]2O[C@@H](CN3CCCCC3)C[C@@H](c3ccc(CO)cc3)O2)c1)c1cccnc1. The number of benzene rings is 2. The molecule has 0 unspecified atom stereocenters. The Morgan fingerprint density at radius 3 is 2.58 bits per heavy atom. The number of likely N-dealkylation sites (tertiary alicyclic amines) is 1. The average Bonchev–Trinajstić information content (AvgIpc) is 2.94. The molecule has 2 aliphatic rings. The number of carbonyl (C=O) groups is 1. The van der Waals surface area contributed by atoms with E-state index in [1.54, 1.807) is 24.5 Å². The number of pyridine rings is 1. The zero-order valence-corrected chi connectivity index (χ0v) is 20.4. The van der Waals surface area contributed by atoms with E-state index in [1.165, 1.54) is 19.3 Å². The van der Waals surface area contributed by atoms with Gasteiger partial charge in [0, 0.05) is 36.6 Å². The Morgan fingerprint density at radius 2 is 1.83 bits per heavy atom. The number of carbonyl (C=O) groups excluding carboxylic acids is 1. The standard InChI is InChI=1S/C29H33N3O4/c33-20-21-9-11-22(12-10-21)27-17-26(19-32-14-2-1-3-15-32)35-29(36-27)23-6-4-8-25(16-23)31-28(34)24-7-5-13-30-18-24/h4-13,16,18,26-27,29,33H,1-3,14-15,17,19-20H2,(H,31,34)/t26-,27+,29+/m1/s1. The minimum absolute atomic E-state index is 0.0205. The molecule has 2 saturated heterocycles. The van der Waals surface area contributed by atoms with Crippen molar-refractivity contribution in [2.75, 3.05) is 25.0 Å². The highest BCUT2D eigenvalue weighted by Crippen LogP contribution is 2.38. The third kappa shape index (κ3) is 6.17. The number of aliphatic hydroxyl groups is 1. The molecule has 0 radical (unpaired) electrons. The van der Waals surface area contributed by atoms with Crippen LogP contribution in [0.5, 0.6) is 0 Å². The summed E-state index contributed by atoms with van der Waals surface area (Å²) in [6, 6.07) is 19.1. The molecule has 5 rings (SSSR count). The molecule has 0 aliphatic carbocycles. The van der Waals surface area contributed by atoms with Gasteiger partial charge in [0.1, 0.15) is 0 Å². The molecule has 2 aliphatic heterocycles. The van der Waals surface area contributed by atoms with E-state index < -0.39 is 6.29 Å². The Hall–Kier alpha value is -3.10. The average molecular weight is 488 g/mol. The minimum atomic E-state index is -0.550. The van der Waals surface area contributed by atoms with E-state index in [-0.39, 0.29) is 24.7 Å². The van der Waals surface area contributed by atoms with Crippen LogP contribution in [0.15, 0.2) is 73.1 Å². The van der Waals surface area contributed by atoms with Gasteiger partial charge in [-0.2, -0.15) is 0 Å². The van der Waals surface area contributed by atoms with Crippen LogP contribution in [0.25, 0.3) is 0 Å². The van der Waals surface area contributed by atoms with Gasteiger partial charge in [-0.1, -0.05) is 42.8 Å². The van der Waals surface area contributed by atoms with Crippen molar-refractivity contribution in [3.8, 4) is 0 Å². The maximum atomic E-state index is 12.6. The number of amides is 1. The molecular formula is C29H33N3O4. The zero-order valence-electron chi connectivity index (χ0n) is 20.4. The molecule has 3 aromatic rings. The lowest BCUT2D eigenvalue weighted by atomic mass is 9.99. The van der Waals surface area contributed by atoms with Crippen molar-refractivity contribution < 1.29 is 19.4 Å². The van der Waals surface area contributed by atoms with Crippen molar-refractivity contribution in [3.05, 3.63) is 95.3 Å². The summed E-state index contributed by atoms with van der Waals surface area (Å²) in [5.41, 5.74) is 3.99. The lowest BCUT2D eigenvalue weighted by Gasteiger charge is -2.39. The van der Waals surface area contributed by atoms with Gasteiger partial charge in [-0.3, -0.25) is 9.78 Å². The Labute approximate surface area is 212 Å². The summed E-state index contributed by atoms with van der Waals surface area (Å²) in [4.78, 5) is 19.1. The fourth-order valence-electron chi connectivity index (χ4n) is 4.93. The fraction of sp³-hybridized carbons (Fsp3) is 0.379. The predicted molar refractivity (Wildman–Crippen MR) is 137 cm³/mol. The molecule has 0 saturated carbocycles. The summed E-state index contributed by atoms with van der Waals surface area (Å²) < 4.78 is 13.0. The van der Waals surface area contributed by atoms with Crippen LogP contribution in [0, 0.1) is 0 Å². The van der Waals surface area contributed by atoms with Gasteiger partial charge in [-0.25, -0.2) is 0 Å². The van der Waals surface area contributed by atoms with Crippen molar-refractivity contribution in [3.63, 3.8) is 0 Å². The highest BCUT2D eigenvalue weighted by molar-refractivity contribution is 6.04. The van der Waals surface area contributed by atoms with Crippen LogP contribution in [0.2, 0.25) is 0 Å². The molecular weight excluding hydrogens is 454 g/mol. The largest absolute Gasteiger partial charge is 0.392 e. The normalized spacial score (nSPS) is 22.8. The van der Waals surface area contributed by atoms with E-state index in [0.717, 1.165) is 42.7 Å². The van der Waals surface area contributed by atoms with E-state index in [9.17, 15) is 9.90 Å². The number of rotatable bonds is 7. The summed E-state index contributed by atoms with van der Waals surface area (Å²) in [6.45, 7) is 3.11. The first-order valence-corrected chi connectivity index (χ1v) is 12.7. The first-order valence-electron chi connectivity index (χ1n) is 12.7.